The highest BCUT2D eigenvalue weighted by Gasteiger charge is 2.27. The van der Waals surface area contributed by atoms with Gasteiger partial charge in [0.15, 0.2) is 6.61 Å². The summed E-state index contributed by atoms with van der Waals surface area (Å²) in [6.45, 7) is 2.31. The van der Waals surface area contributed by atoms with Crippen molar-refractivity contribution < 1.29 is 19.1 Å². The Bertz CT molecular complexity index is 472. The lowest BCUT2D eigenvalue weighted by atomic mass is 10.2. The van der Waals surface area contributed by atoms with E-state index in [1.807, 2.05) is 13.0 Å². The largest absolute Gasteiger partial charge is 0.482 e. The number of rotatable bonds is 5. The lowest BCUT2D eigenvalue weighted by Gasteiger charge is -2.28. The standard InChI is InChI=1S/C14H17NO4/c1-2-3-8-18-14(17)9-15-11-6-4-5-7-12(11)19-10-13(15)16/h4-7H,2-3,8-10H2,1H3. The molecule has 0 atom stereocenters. The summed E-state index contributed by atoms with van der Waals surface area (Å²) < 4.78 is 10.4. The van der Waals surface area contributed by atoms with Gasteiger partial charge in [-0.25, -0.2) is 0 Å². The molecule has 1 aliphatic heterocycles. The number of ether oxygens (including phenoxy) is 2. The van der Waals surface area contributed by atoms with Crippen molar-refractivity contribution in [1.82, 2.24) is 0 Å². The number of carbonyl (C=O) groups is 2. The lowest BCUT2D eigenvalue weighted by molar-refractivity contribution is -0.143. The summed E-state index contributed by atoms with van der Waals surface area (Å²) >= 11 is 0. The summed E-state index contributed by atoms with van der Waals surface area (Å²) in [5.41, 5.74) is 0.617. The predicted octanol–water partition coefficient (Wildman–Crippen LogP) is 1.76. The molecule has 2 rings (SSSR count). The summed E-state index contributed by atoms with van der Waals surface area (Å²) in [7, 11) is 0. The van der Waals surface area contributed by atoms with Gasteiger partial charge < -0.3 is 9.47 Å². The van der Waals surface area contributed by atoms with Crippen LogP contribution >= 0.6 is 0 Å². The summed E-state index contributed by atoms with van der Waals surface area (Å²) in [5.74, 6) is -0.00639. The molecule has 1 amide bonds. The minimum atomic E-state index is -0.390. The van der Waals surface area contributed by atoms with E-state index in [2.05, 4.69) is 0 Å². The highest BCUT2D eigenvalue weighted by atomic mass is 16.5. The molecule has 5 heteroatoms. The Kier molecular flexibility index (Phi) is 4.39. The Hall–Kier alpha value is -2.04. The van der Waals surface area contributed by atoms with E-state index in [1.54, 1.807) is 18.2 Å². The van der Waals surface area contributed by atoms with Crippen LogP contribution in [0.1, 0.15) is 19.8 Å². The van der Waals surface area contributed by atoms with Crippen molar-refractivity contribution in [3.05, 3.63) is 24.3 Å². The van der Waals surface area contributed by atoms with E-state index in [4.69, 9.17) is 9.47 Å². The van der Waals surface area contributed by atoms with Crippen molar-refractivity contribution in [3.63, 3.8) is 0 Å². The fourth-order valence-corrected chi connectivity index (χ4v) is 1.83. The first-order valence-corrected chi connectivity index (χ1v) is 6.40. The average molecular weight is 263 g/mol. The Labute approximate surface area is 112 Å². The monoisotopic (exact) mass is 263 g/mol. The Morgan fingerprint density at radius 2 is 2.21 bits per heavy atom. The third kappa shape index (κ3) is 3.24. The maximum absolute atomic E-state index is 11.8. The van der Waals surface area contributed by atoms with Gasteiger partial charge in [0, 0.05) is 0 Å². The number of esters is 1. The molecule has 0 saturated heterocycles. The molecule has 19 heavy (non-hydrogen) atoms. The average Bonchev–Trinajstić information content (AvgIpc) is 2.42. The highest BCUT2D eigenvalue weighted by Crippen LogP contribution is 2.31. The summed E-state index contributed by atoms with van der Waals surface area (Å²) in [6, 6.07) is 7.16. The van der Waals surface area contributed by atoms with Crippen LogP contribution in [-0.2, 0) is 14.3 Å². The molecule has 0 spiro atoms. The van der Waals surface area contributed by atoms with Gasteiger partial charge in [0.25, 0.3) is 5.91 Å². The van der Waals surface area contributed by atoms with Crippen LogP contribution in [-0.4, -0.2) is 31.6 Å². The Morgan fingerprint density at radius 1 is 1.42 bits per heavy atom. The molecule has 0 radical (unpaired) electrons. The first-order valence-electron chi connectivity index (χ1n) is 6.40. The third-order valence-corrected chi connectivity index (χ3v) is 2.86. The molecule has 0 unspecified atom stereocenters. The normalized spacial score (nSPS) is 13.7. The zero-order valence-corrected chi connectivity index (χ0v) is 10.9. The molecular formula is C14H17NO4. The number of fused-ring (bicyclic) bond motifs is 1. The predicted molar refractivity (Wildman–Crippen MR) is 70.2 cm³/mol. The molecule has 0 bridgehead atoms. The van der Waals surface area contributed by atoms with E-state index in [0.29, 0.717) is 18.0 Å². The van der Waals surface area contributed by atoms with Crippen molar-refractivity contribution in [3.8, 4) is 5.75 Å². The number of unbranched alkanes of at least 4 members (excludes halogenated alkanes) is 1. The Balaban J connectivity index is 2.03. The molecule has 1 heterocycles. The zero-order valence-electron chi connectivity index (χ0n) is 10.9. The molecule has 0 aliphatic carbocycles. The second-order valence-electron chi connectivity index (χ2n) is 4.31. The third-order valence-electron chi connectivity index (χ3n) is 2.86. The van der Waals surface area contributed by atoms with E-state index in [9.17, 15) is 9.59 Å². The maximum atomic E-state index is 11.8. The molecule has 5 nitrogen and oxygen atoms in total. The second kappa shape index (κ2) is 6.22. The van der Waals surface area contributed by atoms with E-state index < -0.39 is 5.97 Å². The number of para-hydroxylation sites is 2. The zero-order chi connectivity index (χ0) is 13.7. The number of carbonyl (C=O) groups excluding carboxylic acids is 2. The minimum Gasteiger partial charge on any atom is -0.482 e. The second-order valence-corrected chi connectivity index (χ2v) is 4.31. The fraction of sp³-hybridized carbons (Fsp3) is 0.429. The van der Waals surface area contributed by atoms with E-state index in [0.717, 1.165) is 12.8 Å². The van der Waals surface area contributed by atoms with Crippen molar-refractivity contribution in [2.75, 3.05) is 24.7 Å². The molecule has 0 saturated carbocycles. The van der Waals surface area contributed by atoms with Crippen LogP contribution in [0.5, 0.6) is 5.75 Å². The van der Waals surface area contributed by atoms with Crippen LogP contribution in [0.25, 0.3) is 0 Å². The molecule has 102 valence electrons. The van der Waals surface area contributed by atoms with Gasteiger partial charge >= 0.3 is 5.97 Å². The summed E-state index contributed by atoms with van der Waals surface area (Å²) in [6.07, 6.45) is 1.80. The van der Waals surface area contributed by atoms with E-state index in [-0.39, 0.29) is 19.1 Å². The van der Waals surface area contributed by atoms with Crippen molar-refractivity contribution in [2.24, 2.45) is 0 Å². The first kappa shape index (κ1) is 13.4. The molecule has 1 aromatic rings. The van der Waals surface area contributed by atoms with Gasteiger partial charge in [0.2, 0.25) is 0 Å². The summed E-state index contributed by atoms with van der Waals surface area (Å²) in [5, 5.41) is 0. The smallest absolute Gasteiger partial charge is 0.326 e. The van der Waals surface area contributed by atoms with Crippen molar-refractivity contribution >= 4 is 17.6 Å². The van der Waals surface area contributed by atoms with Gasteiger partial charge in [-0.1, -0.05) is 25.5 Å². The topological polar surface area (TPSA) is 55.8 Å². The SMILES string of the molecule is CCCCOC(=O)CN1C(=O)COc2ccccc21. The fourth-order valence-electron chi connectivity index (χ4n) is 1.83. The lowest BCUT2D eigenvalue weighted by Crippen LogP contribution is -2.42. The number of nitrogens with zero attached hydrogens (tertiary/aromatic N) is 1. The van der Waals surface area contributed by atoms with Crippen LogP contribution < -0.4 is 9.64 Å². The molecule has 1 aromatic carbocycles. The van der Waals surface area contributed by atoms with Crippen molar-refractivity contribution in [2.45, 2.75) is 19.8 Å². The van der Waals surface area contributed by atoms with Crippen LogP contribution in [0.15, 0.2) is 24.3 Å². The van der Waals surface area contributed by atoms with E-state index in [1.165, 1.54) is 4.90 Å². The Morgan fingerprint density at radius 3 is 3.00 bits per heavy atom. The number of hydrogen-bond acceptors (Lipinski definition) is 4. The molecule has 1 aliphatic rings. The van der Waals surface area contributed by atoms with Crippen LogP contribution in [0.3, 0.4) is 0 Å². The molecule has 0 fully saturated rings. The van der Waals surface area contributed by atoms with Crippen LogP contribution in [0.2, 0.25) is 0 Å². The maximum Gasteiger partial charge on any atom is 0.326 e. The van der Waals surface area contributed by atoms with Crippen molar-refractivity contribution in [1.29, 1.82) is 0 Å². The van der Waals surface area contributed by atoms with Gasteiger partial charge in [-0.3, -0.25) is 14.5 Å². The number of anilines is 1. The van der Waals surface area contributed by atoms with Gasteiger partial charge in [-0.15, -0.1) is 0 Å². The molecule has 0 N–H and O–H groups in total. The van der Waals surface area contributed by atoms with Crippen LogP contribution in [0.4, 0.5) is 5.69 Å². The van der Waals surface area contributed by atoms with Gasteiger partial charge in [0.05, 0.1) is 12.3 Å². The van der Waals surface area contributed by atoms with Gasteiger partial charge in [-0.05, 0) is 18.6 Å². The highest BCUT2D eigenvalue weighted by molar-refractivity contribution is 6.01. The number of hydrogen-bond donors (Lipinski definition) is 0. The van der Waals surface area contributed by atoms with Gasteiger partial charge in [-0.2, -0.15) is 0 Å². The minimum absolute atomic E-state index is 0.0424. The van der Waals surface area contributed by atoms with Gasteiger partial charge in [0.1, 0.15) is 12.3 Å². The first-order chi connectivity index (χ1) is 9.22. The molecular weight excluding hydrogens is 246 g/mol. The number of amides is 1. The summed E-state index contributed by atoms with van der Waals surface area (Å²) in [4.78, 5) is 24.9. The molecule has 0 aromatic heterocycles. The van der Waals surface area contributed by atoms with Crippen LogP contribution in [0, 0.1) is 0 Å². The van der Waals surface area contributed by atoms with E-state index >= 15 is 0 Å². The quantitative estimate of drug-likeness (QED) is 0.600. The number of benzene rings is 1.